The lowest BCUT2D eigenvalue weighted by Gasteiger charge is -2.54. The molecule has 2 aliphatic heterocycles. The topological polar surface area (TPSA) is 179 Å². The van der Waals surface area contributed by atoms with Gasteiger partial charge in [-0.15, -0.1) is 0 Å². The molecule has 42 heavy (non-hydrogen) atoms. The number of fused-ring (bicyclic) bond motifs is 4. The molecule has 1 unspecified atom stereocenters. The number of aliphatic hydroxyl groups excluding tert-OH is 7. The molecule has 4 fully saturated rings. The van der Waals surface area contributed by atoms with Crippen LogP contribution in [0, 0.1) is 22.7 Å². The van der Waals surface area contributed by atoms with Gasteiger partial charge in [-0.25, -0.2) is 0 Å². The minimum absolute atomic E-state index is 0.167. The summed E-state index contributed by atoms with van der Waals surface area (Å²) in [4.78, 5) is 0. The Morgan fingerprint density at radius 1 is 0.762 bits per heavy atom. The molecule has 0 aromatic rings. The Morgan fingerprint density at radius 2 is 1.45 bits per heavy atom. The Balaban J connectivity index is 1.08. The number of ether oxygens (including phenoxy) is 4. The van der Waals surface area contributed by atoms with Gasteiger partial charge in [-0.3, -0.25) is 0 Å². The van der Waals surface area contributed by atoms with E-state index in [0.717, 1.165) is 38.0 Å². The summed E-state index contributed by atoms with van der Waals surface area (Å²) in [5.74, 6) is 1.22. The second-order valence-corrected chi connectivity index (χ2v) is 14.3. The average Bonchev–Trinajstić information content (AvgIpc) is 3.38. The van der Waals surface area contributed by atoms with E-state index in [0.29, 0.717) is 11.3 Å². The molecule has 2 saturated heterocycles. The molecule has 0 aromatic carbocycles. The van der Waals surface area contributed by atoms with E-state index in [1.165, 1.54) is 32.1 Å². The summed E-state index contributed by atoms with van der Waals surface area (Å²) in [7, 11) is 0. The van der Waals surface area contributed by atoms with Crippen molar-refractivity contribution in [1.82, 2.24) is 0 Å². The first-order chi connectivity index (χ1) is 20.0. The van der Waals surface area contributed by atoms with Gasteiger partial charge in [0.1, 0.15) is 48.8 Å². The molecule has 11 heteroatoms. The molecule has 2 saturated carbocycles. The molecule has 11 nitrogen and oxygen atoms in total. The van der Waals surface area contributed by atoms with E-state index in [1.54, 1.807) is 11.1 Å². The van der Waals surface area contributed by atoms with Gasteiger partial charge in [0, 0.05) is 0 Å². The number of hydrogen-bond acceptors (Lipinski definition) is 11. The van der Waals surface area contributed by atoms with Gasteiger partial charge in [-0.2, -0.15) is 0 Å². The predicted octanol–water partition coefficient (Wildman–Crippen LogP) is 0.493. The average molecular weight is 599 g/mol. The molecule has 0 amide bonds. The molecule has 0 bridgehead atoms. The highest BCUT2D eigenvalue weighted by molar-refractivity contribution is 5.33. The Morgan fingerprint density at radius 3 is 2.19 bits per heavy atom. The summed E-state index contributed by atoms with van der Waals surface area (Å²) in [6.07, 6.45) is -2.85. The third-order valence-corrected chi connectivity index (χ3v) is 12.0. The van der Waals surface area contributed by atoms with Crippen LogP contribution < -0.4 is 0 Å². The fraction of sp³-hybridized carbons (Fsp3) is 0.935. The van der Waals surface area contributed by atoms with E-state index in [1.807, 2.05) is 0 Å². The molecular formula is C31H50O11. The number of rotatable bonds is 6. The van der Waals surface area contributed by atoms with Crippen molar-refractivity contribution in [3.05, 3.63) is 11.1 Å². The van der Waals surface area contributed by atoms with Crippen molar-refractivity contribution in [2.45, 2.75) is 146 Å². The lowest BCUT2D eigenvalue weighted by atomic mass is 9.51. The van der Waals surface area contributed by atoms with Crippen LogP contribution in [0.2, 0.25) is 0 Å². The molecule has 4 aliphatic carbocycles. The zero-order chi connectivity index (χ0) is 30.0. The van der Waals surface area contributed by atoms with E-state index >= 15 is 0 Å². The molecule has 6 aliphatic rings. The summed E-state index contributed by atoms with van der Waals surface area (Å²) in [5.41, 5.74) is 4.11. The zero-order valence-electron chi connectivity index (χ0n) is 24.8. The maximum Gasteiger partial charge on any atom is 0.186 e. The SMILES string of the molecule is C[C@@]12CCC[C@H]1C1=C(CC2)[C@@]2(C)CC[C@H](O[C@@H]3O[C@H](CO[C@@H]4O[C@H](CO)[C@@H](O)[C@H](O)[C@H]4O)[C@@H](O)[C@H](O)[C@H]3O)CC2CC1. The largest absolute Gasteiger partial charge is 0.394 e. The van der Waals surface area contributed by atoms with Gasteiger partial charge >= 0.3 is 0 Å². The van der Waals surface area contributed by atoms with Crippen LogP contribution in [0.3, 0.4) is 0 Å². The van der Waals surface area contributed by atoms with Gasteiger partial charge in [0.05, 0.1) is 19.3 Å². The zero-order valence-corrected chi connectivity index (χ0v) is 24.8. The Kier molecular flexibility index (Phi) is 8.87. The van der Waals surface area contributed by atoms with Crippen LogP contribution >= 0.6 is 0 Å². The van der Waals surface area contributed by atoms with Crippen molar-refractivity contribution in [3.63, 3.8) is 0 Å². The second kappa shape index (κ2) is 11.9. The predicted molar refractivity (Wildman–Crippen MR) is 148 cm³/mol. The summed E-state index contributed by atoms with van der Waals surface area (Å²) >= 11 is 0. The fourth-order valence-electron chi connectivity index (χ4n) is 9.28. The first-order valence-corrected chi connectivity index (χ1v) is 16.0. The third-order valence-electron chi connectivity index (χ3n) is 12.0. The highest BCUT2D eigenvalue weighted by atomic mass is 16.7. The van der Waals surface area contributed by atoms with E-state index in [2.05, 4.69) is 13.8 Å². The van der Waals surface area contributed by atoms with E-state index in [4.69, 9.17) is 18.9 Å². The number of allylic oxidation sites excluding steroid dienone is 2. The summed E-state index contributed by atoms with van der Waals surface area (Å²) in [6, 6.07) is 0. The molecule has 0 radical (unpaired) electrons. The van der Waals surface area contributed by atoms with E-state index in [-0.39, 0.29) is 18.1 Å². The van der Waals surface area contributed by atoms with Crippen molar-refractivity contribution in [2.75, 3.05) is 13.2 Å². The highest BCUT2D eigenvalue weighted by Crippen LogP contribution is 2.63. The van der Waals surface area contributed by atoms with E-state index in [9.17, 15) is 35.7 Å². The van der Waals surface area contributed by atoms with Crippen molar-refractivity contribution in [3.8, 4) is 0 Å². The minimum Gasteiger partial charge on any atom is -0.394 e. The maximum atomic E-state index is 10.7. The van der Waals surface area contributed by atoms with Crippen molar-refractivity contribution < 1.29 is 54.7 Å². The smallest absolute Gasteiger partial charge is 0.186 e. The molecule has 2 heterocycles. The lowest BCUT2D eigenvalue weighted by molar-refractivity contribution is -0.337. The number of aliphatic hydroxyl groups is 7. The van der Waals surface area contributed by atoms with Crippen LogP contribution in [-0.4, -0.2) is 116 Å². The summed E-state index contributed by atoms with van der Waals surface area (Å²) in [5, 5.41) is 71.6. The number of hydrogen-bond donors (Lipinski definition) is 7. The Bertz CT molecular complexity index is 1010. The van der Waals surface area contributed by atoms with Crippen LogP contribution in [0.1, 0.15) is 78.1 Å². The Hall–Kier alpha value is -0.700. The van der Waals surface area contributed by atoms with Crippen molar-refractivity contribution in [2.24, 2.45) is 22.7 Å². The first kappa shape index (κ1) is 31.3. The fourth-order valence-corrected chi connectivity index (χ4v) is 9.28. The third kappa shape index (κ3) is 5.30. The van der Waals surface area contributed by atoms with Gasteiger partial charge < -0.3 is 54.7 Å². The maximum absolute atomic E-state index is 10.7. The second-order valence-electron chi connectivity index (χ2n) is 14.3. The molecule has 6 rings (SSSR count). The summed E-state index contributed by atoms with van der Waals surface area (Å²) in [6.45, 7) is 3.97. The molecule has 240 valence electrons. The monoisotopic (exact) mass is 598 g/mol. The van der Waals surface area contributed by atoms with Crippen molar-refractivity contribution in [1.29, 1.82) is 0 Å². The Labute approximate surface area is 247 Å². The molecular weight excluding hydrogens is 548 g/mol. The van der Waals surface area contributed by atoms with Gasteiger partial charge in [-0.1, -0.05) is 31.4 Å². The van der Waals surface area contributed by atoms with E-state index < -0.39 is 68.0 Å². The van der Waals surface area contributed by atoms with Crippen LogP contribution in [-0.2, 0) is 18.9 Å². The normalized spacial score (nSPS) is 52.9. The van der Waals surface area contributed by atoms with Crippen LogP contribution in [0.25, 0.3) is 0 Å². The van der Waals surface area contributed by atoms with Gasteiger partial charge in [-0.05, 0) is 80.5 Å². The molecule has 15 atom stereocenters. The molecule has 0 aromatic heterocycles. The molecule has 7 N–H and O–H groups in total. The quantitative estimate of drug-likeness (QED) is 0.212. The standard InChI is InChI=1S/C31H50O11/c1-30-9-3-4-18(30)17-6-5-15-12-16(7-11-31(15,2)19(17)8-10-30)40-29-27(38)25(36)23(34)21(42-29)14-39-28-26(37)24(35)22(33)20(13-32)41-28/h15-16,18,20-29,32-38H,3-14H2,1-2H3/t15?,16-,18-,20+,21+,22+,23+,24-,25-,26+,27+,28+,29+,30-,31-/m0/s1. The van der Waals surface area contributed by atoms with Crippen molar-refractivity contribution >= 4 is 0 Å². The van der Waals surface area contributed by atoms with Crippen LogP contribution in [0.4, 0.5) is 0 Å². The first-order valence-electron chi connectivity index (χ1n) is 16.0. The lowest BCUT2D eigenvalue weighted by Crippen LogP contribution is -2.62. The minimum atomic E-state index is -1.61. The van der Waals surface area contributed by atoms with Gasteiger partial charge in [0.25, 0.3) is 0 Å². The summed E-state index contributed by atoms with van der Waals surface area (Å²) < 4.78 is 23.1. The van der Waals surface area contributed by atoms with Gasteiger partial charge in [0.2, 0.25) is 0 Å². The van der Waals surface area contributed by atoms with Crippen LogP contribution in [0.5, 0.6) is 0 Å². The van der Waals surface area contributed by atoms with Gasteiger partial charge in [0.15, 0.2) is 12.6 Å². The molecule has 0 spiro atoms. The van der Waals surface area contributed by atoms with Crippen LogP contribution in [0.15, 0.2) is 11.1 Å². The highest BCUT2D eigenvalue weighted by Gasteiger charge is 2.53.